The van der Waals surface area contributed by atoms with Crippen LogP contribution in [0.25, 0.3) is 11.3 Å². The molecule has 3 nitrogen and oxygen atoms in total. The quantitative estimate of drug-likeness (QED) is 0.925. The van der Waals surface area contributed by atoms with Crippen molar-refractivity contribution in [2.45, 2.75) is 39.2 Å². The molecule has 0 atom stereocenters. The number of aromatic nitrogens is 2. The molecule has 0 amide bonds. The molecular formula is C15H18BrN3. The highest BCUT2D eigenvalue weighted by molar-refractivity contribution is 9.10. The van der Waals surface area contributed by atoms with Gasteiger partial charge in [0.25, 0.3) is 0 Å². The van der Waals surface area contributed by atoms with E-state index in [1.165, 1.54) is 18.4 Å². The van der Waals surface area contributed by atoms with Crippen LogP contribution in [-0.2, 0) is 6.42 Å². The zero-order valence-electron chi connectivity index (χ0n) is 11.3. The number of hydrogen-bond acceptors (Lipinski definition) is 2. The number of nitrogens with zero attached hydrogens (tertiary/aromatic N) is 2. The number of rotatable bonds is 3. The summed E-state index contributed by atoms with van der Waals surface area (Å²) in [5.41, 5.74) is 9.57. The van der Waals surface area contributed by atoms with Gasteiger partial charge in [-0.3, -0.25) is 0 Å². The van der Waals surface area contributed by atoms with Crippen molar-refractivity contribution in [2.75, 3.05) is 5.73 Å². The summed E-state index contributed by atoms with van der Waals surface area (Å²) in [4.78, 5) is 4.75. The summed E-state index contributed by atoms with van der Waals surface area (Å²) in [5.74, 6) is 1.93. The topological polar surface area (TPSA) is 43.8 Å². The standard InChI is InChI=1S/C15H18BrN3/c1-3-13-18-14(15(17)19(13)11-5-6-11)10-4-7-12(16)9(2)8-10/h4,7-8,11H,3,5-6,17H2,1-2H3. The van der Waals surface area contributed by atoms with Gasteiger partial charge in [-0.15, -0.1) is 0 Å². The van der Waals surface area contributed by atoms with Gasteiger partial charge in [-0.25, -0.2) is 4.98 Å². The third kappa shape index (κ3) is 2.18. The van der Waals surface area contributed by atoms with Crippen molar-refractivity contribution in [3.63, 3.8) is 0 Å². The third-order valence-electron chi connectivity index (χ3n) is 3.68. The number of anilines is 1. The smallest absolute Gasteiger partial charge is 0.131 e. The van der Waals surface area contributed by atoms with E-state index in [0.717, 1.165) is 33.8 Å². The molecule has 1 aromatic heterocycles. The van der Waals surface area contributed by atoms with Crippen molar-refractivity contribution in [1.29, 1.82) is 0 Å². The summed E-state index contributed by atoms with van der Waals surface area (Å²) in [6.07, 6.45) is 3.38. The summed E-state index contributed by atoms with van der Waals surface area (Å²) >= 11 is 3.53. The first kappa shape index (κ1) is 12.7. The van der Waals surface area contributed by atoms with E-state index in [1.807, 2.05) is 0 Å². The Bertz CT molecular complexity index is 627. The lowest BCUT2D eigenvalue weighted by Gasteiger charge is -2.07. The number of aryl methyl sites for hydroxylation is 2. The number of benzene rings is 1. The Kier molecular flexibility index (Phi) is 3.13. The molecule has 4 heteroatoms. The molecule has 19 heavy (non-hydrogen) atoms. The van der Waals surface area contributed by atoms with Crippen molar-refractivity contribution in [2.24, 2.45) is 0 Å². The lowest BCUT2D eigenvalue weighted by molar-refractivity contribution is 0.696. The maximum Gasteiger partial charge on any atom is 0.131 e. The molecule has 0 spiro atoms. The van der Waals surface area contributed by atoms with E-state index in [4.69, 9.17) is 10.7 Å². The van der Waals surface area contributed by atoms with Gasteiger partial charge in [0, 0.05) is 22.5 Å². The molecule has 0 bridgehead atoms. The van der Waals surface area contributed by atoms with Gasteiger partial charge in [-0.05, 0) is 37.5 Å². The first-order chi connectivity index (χ1) is 9.11. The van der Waals surface area contributed by atoms with Crippen LogP contribution in [0.5, 0.6) is 0 Å². The minimum absolute atomic E-state index is 0.577. The molecule has 100 valence electrons. The van der Waals surface area contributed by atoms with Crippen LogP contribution in [-0.4, -0.2) is 9.55 Å². The SMILES string of the molecule is CCc1nc(-c2ccc(Br)c(C)c2)c(N)n1C1CC1. The van der Waals surface area contributed by atoms with E-state index >= 15 is 0 Å². The lowest BCUT2D eigenvalue weighted by atomic mass is 10.1. The van der Waals surface area contributed by atoms with Crippen molar-refractivity contribution in [1.82, 2.24) is 9.55 Å². The van der Waals surface area contributed by atoms with Crippen molar-refractivity contribution < 1.29 is 0 Å². The summed E-state index contributed by atoms with van der Waals surface area (Å²) in [6.45, 7) is 4.22. The number of imidazole rings is 1. The minimum Gasteiger partial charge on any atom is -0.383 e. The predicted octanol–water partition coefficient (Wildman–Crippen LogP) is 4.10. The molecule has 1 fully saturated rings. The van der Waals surface area contributed by atoms with Crippen LogP contribution < -0.4 is 5.73 Å². The number of hydrogen-bond donors (Lipinski definition) is 1. The van der Waals surface area contributed by atoms with Crippen LogP contribution in [0.3, 0.4) is 0 Å². The molecule has 1 aliphatic rings. The summed E-state index contributed by atoms with van der Waals surface area (Å²) in [7, 11) is 0. The van der Waals surface area contributed by atoms with E-state index in [9.17, 15) is 0 Å². The molecular weight excluding hydrogens is 302 g/mol. The predicted molar refractivity (Wildman–Crippen MR) is 82.2 cm³/mol. The molecule has 0 unspecified atom stereocenters. The summed E-state index contributed by atoms with van der Waals surface area (Å²) in [6, 6.07) is 6.85. The largest absolute Gasteiger partial charge is 0.383 e. The second kappa shape index (κ2) is 4.67. The van der Waals surface area contributed by atoms with Gasteiger partial charge in [0.05, 0.1) is 0 Å². The van der Waals surface area contributed by atoms with Gasteiger partial charge in [-0.1, -0.05) is 28.9 Å². The molecule has 1 aliphatic carbocycles. The van der Waals surface area contributed by atoms with Crippen molar-refractivity contribution in [3.8, 4) is 11.3 Å². The molecule has 1 aromatic carbocycles. The first-order valence-corrected chi connectivity index (χ1v) is 7.54. The summed E-state index contributed by atoms with van der Waals surface area (Å²) in [5, 5.41) is 0. The van der Waals surface area contributed by atoms with Gasteiger partial charge >= 0.3 is 0 Å². The Morgan fingerprint density at radius 3 is 2.74 bits per heavy atom. The van der Waals surface area contributed by atoms with Crippen LogP contribution in [0.4, 0.5) is 5.82 Å². The molecule has 0 saturated heterocycles. The van der Waals surface area contributed by atoms with Gasteiger partial charge in [-0.2, -0.15) is 0 Å². The van der Waals surface area contributed by atoms with Gasteiger partial charge in [0.15, 0.2) is 0 Å². The van der Waals surface area contributed by atoms with Crippen LogP contribution in [0.1, 0.15) is 37.2 Å². The van der Waals surface area contributed by atoms with Crippen molar-refractivity contribution >= 4 is 21.7 Å². The normalized spacial score (nSPS) is 14.9. The Labute approximate surface area is 122 Å². The van der Waals surface area contributed by atoms with Gasteiger partial charge in [0.2, 0.25) is 0 Å². The van der Waals surface area contributed by atoms with E-state index < -0.39 is 0 Å². The Morgan fingerprint density at radius 1 is 1.42 bits per heavy atom. The second-order valence-corrected chi connectivity index (χ2v) is 6.03. The Morgan fingerprint density at radius 2 is 2.16 bits per heavy atom. The van der Waals surface area contributed by atoms with E-state index in [1.54, 1.807) is 0 Å². The second-order valence-electron chi connectivity index (χ2n) is 5.18. The summed E-state index contributed by atoms with van der Waals surface area (Å²) < 4.78 is 3.35. The molecule has 2 N–H and O–H groups in total. The number of halogens is 1. The molecule has 3 rings (SSSR count). The first-order valence-electron chi connectivity index (χ1n) is 6.75. The third-order valence-corrected chi connectivity index (χ3v) is 4.57. The van der Waals surface area contributed by atoms with Crippen molar-refractivity contribution in [3.05, 3.63) is 34.1 Å². The highest BCUT2D eigenvalue weighted by Gasteiger charge is 2.29. The molecule has 0 aliphatic heterocycles. The molecule has 2 aromatic rings. The van der Waals surface area contributed by atoms with Crippen LogP contribution in [0, 0.1) is 6.92 Å². The van der Waals surface area contributed by atoms with E-state index in [-0.39, 0.29) is 0 Å². The fourth-order valence-electron chi connectivity index (χ4n) is 2.49. The zero-order valence-corrected chi connectivity index (χ0v) is 12.9. The number of nitrogen functional groups attached to an aromatic ring is 1. The van der Waals surface area contributed by atoms with Crippen LogP contribution >= 0.6 is 15.9 Å². The average Bonchev–Trinajstić information content (AvgIpc) is 3.17. The number of nitrogens with two attached hydrogens (primary N) is 1. The van der Waals surface area contributed by atoms with Gasteiger partial charge in [0.1, 0.15) is 17.3 Å². The van der Waals surface area contributed by atoms with E-state index in [0.29, 0.717) is 6.04 Å². The minimum atomic E-state index is 0.577. The Balaban J connectivity index is 2.11. The maximum atomic E-state index is 6.33. The maximum absolute atomic E-state index is 6.33. The highest BCUT2D eigenvalue weighted by atomic mass is 79.9. The lowest BCUT2D eigenvalue weighted by Crippen LogP contribution is -2.04. The molecule has 1 heterocycles. The average molecular weight is 320 g/mol. The fourth-order valence-corrected chi connectivity index (χ4v) is 2.73. The molecule has 1 saturated carbocycles. The Hall–Kier alpha value is -1.29. The zero-order chi connectivity index (χ0) is 13.6. The van der Waals surface area contributed by atoms with Crippen LogP contribution in [0.2, 0.25) is 0 Å². The van der Waals surface area contributed by atoms with Gasteiger partial charge < -0.3 is 10.3 Å². The monoisotopic (exact) mass is 319 g/mol. The van der Waals surface area contributed by atoms with Crippen LogP contribution in [0.15, 0.2) is 22.7 Å². The fraction of sp³-hybridized carbons (Fsp3) is 0.400. The highest BCUT2D eigenvalue weighted by Crippen LogP contribution is 2.41. The molecule has 0 radical (unpaired) electrons. The van der Waals surface area contributed by atoms with E-state index in [2.05, 4.69) is 52.5 Å².